The lowest BCUT2D eigenvalue weighted by atomic mass is 10.3. The van der Waals surface area contributed by atoms with Gasteiger partial charge in [-0.15, -0.1) is 0 Å². The average molecular weight is 390 g/mol. The van der Waals surface area contributed by atoms with E-state index in [1.54, 1.807) is 12.9 Å². The first-order valence-corrected chi connectivity index (χ1v) is 8.32. The van der Waals surface area contributed by atoms with Crippen LogP contribution in [-0.2, 0) is 19.2 Å². The molecule has 13 heteroatoms. The molecule has 0 radical (unpaired) electrons. The summed E-state index contributed by atoms with van der Waals surface area (Å²) in [6, 6.07) is 0. The lowest BCUT2D eigenvalue weighted by Crippen LogP contribution is -2.45. The highest BCUT2D eigenvalue weighted by Gasteiger charge is 2.18. The molecule has 154 valence electrons. The lowest BCUT2D eigenvalue weighted by Gasteiger charge is -2.27. The number of nitrogens with zero attached hydrogens (tertiary/aromatic N) is 3. The Kier molecular flexibility index (Phi) is 12.8. The Morgan fingerprint density at radius 2 is 0.889 bits per heavy atom. The molecule has 0 aromatic rings. The Balaban J connectivity index is 4.77. The van der Waals surface area contributed by atoms with Gasteiger partial charge in [-0.25, -0.2) is 0 Å². The minimum Gasteiger partial charge on any atom is -0.480 e. The largest absolute Gasteiger partial charge is 0.480 e. The van der Waals surface area contributed by atoms with E-state index in [0.717, 1.165) is 0 Å². The van der Waals surface area contributed by atoms with Crippen molar-refractivity contribution in [2.45, 2.75) is 0 Å². The van der Waals surface area contributed by atoms with E-state index in [2.05, 4.69) is 5.23 Å². The molecule has 0 aliphatic heterocycles. The molecular weight excluding hydrogens is 363 g/mol. The Morgan fingerprint density at radius 3 is 1.22 bits per heavy atom. The van der Waals surface area contributed by atoms with E-state index in [1.807, 2.05) is 0 Å². The third-order valence-electron chi connectivity index (χ3n) is 3.58. The topological polar surface area (TPSA) is 171 Å². The fourth-order valence-corrected chi connectivity index (χ4v) is 2.35. The van der Waals surface area contributed by atoms with Crippen molar-refractivity contribution < 1.29 is 39.6 Å². The Hall–Kier alpha value is -2.22. The van der Waals surface area contributed by atoms with Crippen LogP contribution < -0.4 is 5.23 Å². The molecule has 0 amide bonds. The number of carbonyl (C=O) groups is 4. The van der Waals surface area contributed by atoms with Gasteiger partial charge in [0.2, 0.25) is 0 Å². The molecule has 0 heterocycles. The van der Waals surface area contributed by atoms with Crippen molar-refractivity contribution in [2.24, 2.45) is 0 Å². The van der Waals surface area contributed by atoms with Gasteiger partial charge in [-0.3, -0.25) is 33.9 Å². The van der Waals surface area contributed by atoms with Crippen LogP contribution in [0.15, 0.2) is 0 Å². The number of nitrogens with one attached hydrogen (secondary N) is 1. The van der Waals surface area contributed by atoms with Gasteiger partial charge in [0.1, 0.15) is 0 Å². The van der Waals surface area contributed by atoms with Crippen molar-refractivity contribution in [1.29, 1.82) is 0 Å². The van der Waals surface area contributed by atoms with E-state index >= 15 is 0 Å². The number of carboxylic acids is 4. The van der Waals surface area contributed by atoms with Gasteiger partial charge in [0.15, 0.2) is 7.98 Å². The van der Waals surface area contributed by atoms with E-state index < -0.39 is 37.0 Å². The number of rotatable bonds is 17. The van der Waals surface area contributed by atoms with E-state index in [1.165, 1.54) is 9.80 Å². The number of hydrogen-bond acceptors (Lipinski definition) is 8. The predicted octanol–water partition coefficient (Wildman–Crippen LogP) is -3.63. The quantitative estimate of drug-likeness (QED) is 0.155. The van der Waals surface area contributed by atoms with Gasteiger partial charge in [-0.1, -0.05) is 0 Å². The second-order valence-corrected chi connectivity index (χ2v) is 5.94. The molecular formula is C14H27BN4O8. The zero-order chi connectivity index (χ0) is 20.8. The second-order valence-electron chi connectivity index (χ2n) is 5.94. The summed E-state index contributed by atoms with van der Waals surface area (Å²) in [4.78, 5) is 48.0. The minimum atomic E-state index is -1.18. The van der Waals surface area contributed by atoms with E-state index in [0.29, 0.717) is 19.6 Å². The summed E-state index contributed by atoms with van der Waals surface area (Å²) in [7, 11) is 1.73. The second kappa shape index (κ2) is 13.9. The smallest absolute Gasteiger partial charge is 0.317 e. The summed E-state index contributed by atoms with van der Waals surface area (Å²) in [6.45, 7) is 0.331. The summed E-state index contributed by atoms with van der Waals surface area (Å²) in [5, 5.41) is 38.6. The highest BCUT2D eigenvalue weighted by molar-refractivity contribution is 6.04. The van der Waals surface area contributed by atoms with Gasteiger partial charge in [0.25, 0.3) is 0 Å². The lowest BCUT2D eigenvalue weighted by molar-refractivity contribution is -0.143. The molecule has 0 unspecified atom stereocenters. The van der Waals surface area contributed by atoms with Gasteiger partial charge >= 0.3 is 23.9 Å². The molecule has 0 saturated carbocycles. The maximum atomic E-state index is 11.0. The fourth-order valence-electron chi connectivity index (χ4n) is 2.35. The predicted molar refractivity (Wildman–Crippen MR) is 96.4 cm³/mol. The SMILES string of the molecule is BNCCN(CCN(CCN(CC(=O)O)CC(=O)O)CC(=O)O)CC(=O)O. The van der Waals surface area contributed by atoms with Crippen molar-refractivity contribution in [2.75, 3.05) is 65.4 Å². The molecule has 0 aliphatic carbocycles. The molecule has 0 aromatic heterocycles. The fraction of sp³-hybridized carbons (Fsp3) is 0.714. The normalized spacial score (nSPS) is 11.2. The van der Waals surface area contributed by atoms with Crippen LogP contribution in [0.5, 0.6) is 0 Å². The average Bonchev–Trinajstić information content (AvgIpc) is 2.52. The van der Waals surface area contributed by atoms with Crippen molar-refractivity contribution in [3.05, 3.63) is 0 Å². The molecule has 0 aliphatic rings. The molecule has 0 fully saturated rings. The first-order valence-electron chi connectivity index (χ1n) is 8.32. The maximum Gasteiger partial charge on any atom is 0.317 e. The number of carboxylic acid groups (broad SMARTS) is 4. The van der Waals surface area contributed by atoms with Gasteiger partial charge in [0, 0.05) is 32.7 Å². The molecule has 12 nitrogen and oxygen atoms in total. The highest BCUT2D eigenvalue weighted by atomic mass is 16.4. The Morgan fingerprint density at radius 1 is 0.593 bits per heavy atom. The third-order valence-corrected chi connectivity index (χ3v) is 3.58. The van der Waals surface area contributed by atoms with E-state index in [4.69, 9.17) is 20.4 Å². The molecule has 0 saturated heterocycles. The standard InChI is InChI=1S/C14H27BN4O8/c15-16-1-2-17(7-11(20)21)3-4-18(8-12(22)23)5-6-19(9-13(24)25)10-14(26)27/h16H,1-10,15H2,(H,20,21)(H,22,23)(H,24,25)(H,26,27). The molecule has 5 N–H and O–H groups in total. The molecule has 27 heavy (non-hydrogen) atoms. The zero-order valence-electron chi connectivity index (χ0n) is 15.3. The molecule has 0 rings (SSSR count). The van der Waals surface area contributed by atoms with Crippen LogP contribution in [0.25, 0.3) is 0 Å². The summed E-state index contributed by atoms with van der Waals surface area (Å²) in [6.07, 6.45) is 0. The van der Waals surface area contributed by atoms with Crippen molar-refractivity contribution in [1.82, 2.24) is 19.9 Å². The monoisotopic (exact) mass is 390 g/mol. The molecule has 0 bridgehead atoms. The maximum absolute atomic E-state index is 11.0. The molecule has 0 atom stereocenters. The van der Waals surface area contributed by atoms with Crippen LogP contribution in [0.4, 0.5) is 0 Å². The molecule has 0 spiro atoms. The van der Waals surface area contributed by atoms with Crippen LogP contribution in [-0.4, -0.2) is 132 Å². The van der Waals surface area contributed by atoms with Gasteiger partial charge in [0.05, 0.1) is 26.2 Å². The van der Waals surface area contributed by atoms with Crippen molar-refractivity contribution >= 4 is 31.9 Å². The first kappa shape index (κ1) is 24.8. The summed E-state index contributed by atoms with van der Waals surface area (Å²) in [5.74, 6) is -4.44. The highest BCUT2D eigenvalue weighted by Crippen LogP contribution is 1.97. The summed E-state index contributed by atoms with van der Waals surface area (Å²) < 4.78 is 0. The number of aliphatic carboxylic acids is 4. The first-order chi connectivity index (χ1) is 12.6. The van der Waals surface area contributed by atoms with E-state index in [-0.39, 0.29) is 32.7 Å². The van der Waals surface area contributed by atoms with Crippen LogP contribution in [0.1, 0.15) is 0 Å². The number of hydrogen-bond donors (Lipinski definition) is 5. The van der Waals surface area contributed by atoms with Gasteiger partial charge < -0.3 is 25.7 Å². The zero-order valence-corrected chi connectivity index (χ0v) is 15.3. The van der Waals surface area contributed by atoms with Crippen LogP contribution in [0.2, 0.25) is 0 Å². The van der Waals surface area contributed by atoms with Crippen LogP contribution in [0.3, 0.4) is 0 Å². The van der Waals surface area contributed by atoms with Gasteiger partial charge in [-0.05, 0) is 6.54 Å². The minimum absolute atomic E-state index is 0.0569. The Labute approximate surface area is 157 Å². The van der Waals surface area contributed by atoms with Gasteiger partial charge in [-0.2, -0.15) is 0 Å². The summed E-state index contributed by atoms with van der Waals surface area (Å²) >= 11 is 0. The third kappa shape index (κ3) is 14.6. The molecule has 0 aromatic carbocycles. The van der Waals surface area contributed by atoms with Crippen molar-refractivity contribution in [3.63, 3.8) is 0 Å². The Bertz CT molecular complexity index is 492. The van der Waals surface area contributed by atoms with Crippen LogP contribution >= 0.6 is 0 Å². The van der Waals surface area contributed by atoms with Crippen molar-refractivity contribution in [3.8, 4) is 0 Å². The van der Waals surface area contributed by atoms with E-state index in [9.17, 15) is 19.2 Å². The summed E-state index contributed by atoms with van der Waals surface area (Å²) in [5.41, 5.74) is 0. The van der Waals surface area contributed by atoms with Crippen LogP contribution in [0, 0.1) is 0 Å².